The van der Waals surface area contributed by atoms with Crippen LogP contribution in [-0.2, 0) is 5.60 Å². The highest BCUT2D eigenvalue weighted by Gasteiger charge is 2.26. The largest absolute Gasteiger partial charge is 0.385 e. The van der Waals surface area contributed by atoms with E-state index in [-0.39, 0.29) is 0 Å². The average Bonchev–Trinajstić information content (AvgIpc) is 2.14. The van der Waals surface area contributed by atoms with Crippen LogP contribution in [0.4, 0.5) is 5.82 Å². The SMILES string of the molecule is C=CCCC(C)(O)c1c(C)ccnc1N. The van der Waals surface area contributed by atoms with Gasteiger partial charge in [-0.2, -0.15) is 0 Å². The Morgan fingerprint density at radius 2 is 2.33 bits per heavy atom. The number of rotatable bonds is 4. The van der Waals surface area contributed by atoms with Crippen molar-refractivity contribution in [3.8, 4) is 0 Å². The monoisotopic (exact) mass is 206 g/mol. The van der Waals surface area contributed by atoms with Crippen molar-refractivity contribution in [2.24, 2.45) is 0 Å². The first-order valence-electron chi connectivity index (χ1n) is 5.04. The molecule has 0 spiro atoms. The fourth-order valence-corrected chi connectivity index (χ4v) is 1.79. The summed E-state index contributed by atoms with van der Waals surface area (Å²) in [5.41, 5.74) is 6.55. The van der Waals surface area contributed by atoms with Gasteiger partial charge < -0.3 is 10.8 Å². The predicted octanol–water partition coefficient (Wildman–Crippen LogP) is 2.15. The first-order chi connectivity index (χ1) is 6.99. The van der Waals surface area contributed by atoms with Gasteiger partial charge in [0.2, 0.25) is 0 Å². The third-order valence-electron chi connectivity index (χ3n) is 2.56. The zero-order valence-electron chi connectivity index (χ0n) is 9.33. The van der Waals surface area contributed by atoms with Crippen molar-refractivity contribution in [3.63, 3.8) is 0 Å². The molecule has 0 aromatic carbocycles. The van der Waals surface area contributed by atoms with E-state index in [4.69, 9.17) is 5.73 Å². The highest BCUT2D eigenvalue weighted by atomic mass is 16.3. The molecule has 82 valence electrons. The number of aryl methyl sites for hydroxylation is 1. The molecule has 1 unspecified atom stereocenters. The molecule has 0 fully saturated rings. The quantitative estimate of drug-likeness (QED) is 0.742. The summed E-state index contributed by atoms with van der Waals surface area (Å²) >= 11 is 0. The van der Waals surface area contributed by atoms with E-state index in [1.807, 2.05) is 13.0 Å². The lowest BCUT2D eigenvalue weighted by Gasteiger charge is -2.26. The minimum atomic E-state index is -0.934. The number of nitrogen functional groups attached to an aromatic ring is 1. The van der Waals surface area contributed by atoms with Gasteiger partial charge in [-0.15, -0.1) is 6.58 Å². The molecule has 0 saturated heterocycles. The van der Waals surface area contributed by atoms with Crippen molar-refractivity contribution in [2.45, 2.75) is 32.3 Å². The van der Waals surface area contributed by atoms with Crippen LogP contribution in [-0.4, -0.2) is 10.1 Å². The van der Waals surface area contributed by atoms with Crippen LogP contribution in [0.5, 0.6) is 0 Å². The van der Waals surface area contributed by atoms with Crippen LogP contribution >= 0.6 is 0 Å². The molecule has 0 aliphatic heterocycles. The summed E-state index contributed by atoms with van der Waals surface area (Å²) in [5.74, 6) is 0.407. The van der Waals surface area contributed by atoms with Gasteiger partial charge in [0.1, 0.15) is 5.82 Å². The fourth-order valence-electron chi connectivity index (χ4n) is 1.79. The van der Waals surface area contributed by atoms with E-state index in [0.29, 0.717) is 12.2 Å². The molecular weight excluding hydrogens is 188 g/mol. The summed E-state index contributed by atoms with van der Waals surface area (Å²) < 4.78 is 0. The topological polar surface area (TPSA) is 59.1 Å². The maximum Gasteiger partial charge on any atom is 0.129 e. The number of nitrogens with zero attached hydrogens (tertiary/aromatic N) is 1. The van der Waals surface area contributed by atoms with Crippen LogP contribution in [0.15, 0.2) is 24.9 Å². The van der Waals surface area contributed by atoms with Crippen LogP contribution in [0.25, 0.3) is 0 Å². The Balaban J connectivity index is 3.07. The summed E-state index contributed by atoms with van der Waals surface area (Å²) in [5, 5.41) is 10.3. The highest BCUT2D eigenvalue weighted by Crippen LogP contribution is 2.31. The Morgan fingerprint density at radius 1 is 1.67 bits per heavy atom. The summed E-state index contributed by atoms with van der Waals surface area (Å²) in [7, 11) is 0. The van der Waals surface area contributed by atoms with E-state index < -0.39 is 5.60 Å². The number of allylic oxidation sites excluding steroid dienone is 1. The van der Waals surface area contributed by atoms with Gasteiger partial charge in [0.25, 0.3) is 0 Å². The number of aliphatic hydroxyl groups is 1. The molecule has 1 rings (SSSR count). The van der Waals surface area contributed by atoms with Crippen molar-refractivity contribution in [3.05, 3.63) is 36.0 Å². The second-order valence-corrected chi connectivity index (χ2v) is 3.99. The standard InChI is InChI=1S/C12H18N2O/c1-4-5-7-12(3,15)10-9(2)6-8-14-11(10)13/h4,6,8,15H,1,5,7H2,2-3H3,(H2,13,14). The average molecular weight is 206 g/mol. The Bertz CT molecular complexity index is 338. The van der Waals surface area contributed by atoms with Gasteiger partial charge in [-0.25, -0.2) is 4.98 Å². The summed E-state index contributed by atoms with van der Waals surface area (Å²) in [6.07, 6.45) is 4.79. The molecule has 0 aliphatic rings. The molecule has 1 atom stereocenters. The Labute approximate surface area is 90.7 Å². The van der Waals surface area contributed by atoms with Crippen LogP contribution in [0.1, 0.15) is 30.9 Å². The second kappa shape index (κ2) is 4.45. The molecule has 0 amide bonds. The first-order valence-corrected chi connectivity index (χ1v) is 5.04. The number of hydrogen-bond donors (Lipinski definition) is 2. The molecule has 3 nitrogen and oxygen atoms in total. The molecular formula is C12H18N2O. The lowest BCUT2D eigenvalue weighted by molar-refractivity contribution is 0.0487. The highest BCUT2D eigenvalue weighted by molar-refractivity contribution is 5.47. The van der Waals surface area contributed by atoms with Crippen LogP contribution < -0.4 is 5.73 Å². The van der Waals surface area contributed by atoms with E-state index in [9.17, 15) is 5.11 Å². The number of nitrogens with two attached hydrogens (primary N) is 1. The number of anilines is 1. The number of aromatic nitrogens is 1. The van der Waals surface area contributed by atoms with E-state index >= 15 is 0 Å². The van der Waals surface area contributed by atoms with Gasteiger partial charge in [-0.3, -0.25) is 0 Å². The second-order valence-electron chi connectivity index (χ2n) is 3.99. The zero-order valence-corrected chi connectivity index (χ0v) is 9.33. The molecule has 0 saturated carbocycles. The van der Waals surface area contributed by atoms with Crippen molar-refractivity contribution >= 4 is 5.82 Å². The molecule has 0 bridgehead atoms. The van der Waals surface area contributed by atoms with Gasteiger partial charge >= 0.3 is 0 Å². The third-order valence-corrected chi connectivity index (χ3v) is 2.56. The summed E-state index contributed by atoms with van der Waals surface area (Å²) in [6, 6.07) is 1.86. The number of pyridine rings is 1. The molecule has 15 heavy (non-hydrogen) atoms. The van der Waals surface area contributed by atoms with Crippen LogP contribution in [0.2, 0.25) is 0 Å². The normalized spacial score (nSPS) is 14.6. The van der Waals surface area contributed by atoms with Gasteiger partial charge in [0.15, 0.2) is 0 Å². The minimum Gasteiger partial charge on any atom is -0.385 e. The van der Waals surface area contributed by atoms with Crippen molar-refractivity contribution in [1.29, 1.82) is 0 Å². The molecule has 1 heterocycles. The summed E-state index contributed by atoms with van der Waals surface area (Å²) in [4.78, 5) is 4.01. The van der Waals surface area contributed by atoms with Crippen molar-refractivity contribution < 1.29 is 5.11 Å². The Kier molecular flexibility index (Phi) is 3.48. The molecule has 3 N–H and O–H groups in total. The Hall–Kier alpha value is -1.35. The molecule has 1 aromatic heterocycles. The van der Waals surface area contributed by atoms with Crippen LogP contribution in [0, 0.1) is 6.92 Å². The maximum absolute atomic E-state index is 10.3. The maximum atomic E-state index is 10.3. The van der Waals surface area contributed by atoms with Gasteiger partial charge in [-0.05, 0) is 38.3 Å². The molecule has 1 aromatic rings. The van der Waals surface area contributed by atoms with Gasteiger partial charge in [0.05, 0.1) is 5.60 Å². The minimum absolute atomic E-state index is 0.407. The van der Waals surface area contributed by atoms with Crippen molar-refractivity contribution in [2.75, 3.05) is 5.73 Å². The lowest BCUT2D eigenvalue weighted by atomic mass is 9.88. The molecule has 0 aliphatic carbocycles. The zero-order chi connectivity index (χ0) is 11.5. The van der Waals surface area contributed by atoms with E-state index in [2.05, 4.69) is 11.6 Å². The van der Waals surface area contributed by atoms with Crippen LogP contribution in [0.3, 0.4) is 0 Å². The van der Waals surface area contributed by atoms with Crippen molar-refractivity contribution in [1.82, 2.24) is 4.98 Å². The summed E-state index contributed by atoms with van der Waals surface area (Å²) in [6.45, 7) is 7.33. The number of hydrogen-bond acceptors (Lipinski definition) is 3. The van der Waals surface area contributed by atoms with E-state index in [1.165, 1.54) is 0 Å². The smallest absolute Gasteiger partial charge is 0.129 e. The third kappa shape index (κ3) is 2.57. The Morgan fingerprint density at radius 3 is 2.87 bits per heavy atom. The molecule has 3 heteroatoms. The first kappa shape index (κ1) is 11.7. The molecule has 0 radical (unpaired) electrons. The van der Waals surface area contributed by atoms with E-state index in [0.717, 1.165) is 17.5 Å². The lowest BCUT2D eigenvalue weighted by Crippen LogP contribution is -2.24. The fraction of sp³-hybridized carbons (Fsp3) is 0.417. The predicted molar refractivity (Wildman–Crippen MR) is 62.4 cm³/mol. The van der Waals surface area contributed by atoms with Gasteiger partial charge in [0, 0.05) is 11.8 Å². The van der Waals surface area contributed by atoms with E-state index in [1.54, 1.807) is 19.2 Å². The van der Waals surface area contributed by atoms with Gasteiger partial charge in [-0.1, -0.05) is 6.08 Å².